The Kier molecular flexibility index (Phi) is 7.67. The van der Waals surface area contributed by atoms with Crippen LogP contribution in [0.3, 0.4) is 0 Å². The Hall–Kier alpha value is -3.49. The molecule has 3 fully saturated rings. The number of amides is 1. The second-order valence-electron chi connectivity index (χ2n) is 10.1. The molecule has 3 saturated heterocycles. The van der Waals surface area contributed by atoms with E-state index in [0.717, 1.165) is 50.5 Å². The van der Waals surface area contributed by atoms with Gasteiger partial charge in [0.15, 0.2) is 0 Å². The minimum Gasteiger partial charge on any atom is -0.375 e. The summed E-state index contributed by atoms with van der Waals surface area (Å²) in [5, 5.41) is 18.8. The molecule has 5 rings (SSSR count). The molecule has 0 spiro atoms. The first-order valence-corrected chi connectivity index (χ1v) is 13.1. The number of hydrogen-bond acceptors (Lipinski definition) is 9. The van der Waals surface area contributed by atoms with E-state index in [1.807, 2.05) is 17.9 Å². The second-order valence-corrected chi connectivity index (χ2v) is 10.1. The van der Waals surface area contributed by atoms with Crippen LogP contribution >= 0.6 is 0 Å². The van der Waals surface area contributed by atoms with Crippen molar-refractivity contribution in [2.24, 2.45) is 5.92 Å². The summed E-state index contributed by atoms with van der Waals surface area (Å²) < 4.78 is 6.33. The number of H-pyrrole nitrogens is 1. The van der Waals surface area contributed by atoms with Crippen molar-refractivity contribution in [1.82, 2.24) is 25.4 Å². The average molecular weight is 507 g/mol. The van der Waals surface area contributed by atoms with Crippen molar-refractivity contribution in [1.29, 1.82) is 5.26 Å². The lowest BCUT2D eigenvalue weighted by Crippen LogP contribution is -2.54. The highest BCUT2D eigenvalue weighted by Crippen LogP contribution is 2.27. The molecule has 2 aromatic heterocycles. The number of piperidine rings is 1. The van der Waals surface area contributed by atoms with Gasteiger partial charge in [-0.05, 0) is 38.3 Å². The van der Waals surface area contributed by atoms with Crippen LogP contribution in [0.1, 0.15) is 30.4 Å². The molecular formula is C26H34N8O3. The van der Waals surface area contributed by atoms with Gasteiger partial charge in [-0.15, -0.1) is 0 Å². The van der Waals surface area contributed by atoms with Crippen molar-refractivity contribution in [2.45, 2.75) is 38.3 Å². The number of aromatic nitrogens is 3. The minimum atomic E-state index is -0.157. The number of nitrogens with one attached hydrogen (secondary N) is 2. The van der Waals surface area contributed by atoms with E-state index < -0.39 is 0 Å². The van der Waals surface area contributed by atoms with E-state index in [0.29, 0.717) is 43.8 Å². The number of carbonyl (C=O) groups is 1. The van der Waals surface area contributed by atoms with Gasteiger partial charge in [-0.3, -0.25) is 9.59 Å². The van der Waals surface area contributed by atoms with Gasteiger partial charge >= 0.3 is 0 Å². The first kappa shape index (κ1) is 25.2. The number of rotatable bonds is 6. The van der Waals surface area contributed by atoms with Gasteiger partial charge in [0.05, 0.1) is 42.1 Å². The van der Waals surface area contributed by atoms with Gasteiger partial charge in [-0.1, -0.05) is 0 Å². The van der Waals surface area contributed by atoms with E-state index in [4.69, 9.17) is 10.00 Å². The van der Waals surface area contributed by atoms with Crippen LogP contribution in [0.4, 0.5) is 11.5 Å². The Labute approximate surface area is 216 Å². The lowest BCUT2D eigenvalue weighted by molar-refractivity contribution is -0.138. The second kappa shape index (κ2) is 11.3. The summed E-state index contributed by atoms with van der Waals surface area (Å²) in [7, 11) is 0. The fraction of sp³-hybridized carbons (Fsp3) is 0.577. The number of pyridine rings is 1. The summed E-state index contributed by atoms with van der Waals surface area (Å²) in [4.78, 5) is 36.0. The van der Waals surface area contributed by atoms with Crippen molar-refractivity contribution >= 4 is 17.4 Å². The molecule has 11 nitrogen and oxygen atoms in total. The average Bonchev–Trinajstić information content (AvgIpc) is 3.42. The smallest absolute Gasteiger partial charge is 0.269 e. The molecular weight excluding hydrogens is 472 g/mol. The lowest BCUT2D eigenvalue weighted by atomic mass is 9.95. The van der Waals surface area contributed by atoms with Crippen LogP contribution in [0.15, 0.2) is 29.3 Å². The Morgan fingerprint density at radius 2 is 2.03 bits per heavy atom. The minimum absolute atomic E-state index is 0.0207. The maximum atomic E-state index is 13.3. The largest absolute Gasteiger partial charge is 0.375 e. The molecule has 3 atom stereocenters. The van der Waals surface area contributed by atoms with Crippen LogP contribution in [-0.4, -0.2) is 90.6 Å². The van der Waals surface area contributed by atoms with E-state index in [1.54, 1.807) is 18.5 Å². The Morgan fingerprint density at radius 3 is 2.78 bits per heavy atom. The quantitative estimate of drug-likeness (QED) is 0.580. The third kappa shape index (κ3) is 5.60. The number of aromatic amines is 1. The molecule has 2 aromatic rings. The summed E-state index contributed by atoms with van der Waals surface area (Å²) in [6, 6.07) is 5.92. The number of hydrogen-bond donors (Lipinski definition) is 2. The van der Waals surface area contributed by atoms with E-state index in [2.05, 4.69) is 36.4 Å². The van der Waals surface area contributed by atoms with Gasteiger partial charge in [0.2, 0.25) is 5.91 Å². The highest BCUT2D eigenvalue weighted by Gasteiger charge is 2.34. The van der Waals surface area contributed by atoms with Gasteiger partial charge < -0.3 is 24.8 Å². The molecule has 0 aromatic carbocycles. The fourth-order valence-corrected chi connectivity index (χ4v) is 5.58. The third-order valence-corrected chi connectivity index (χ3v) is 7.74. The van der Waals surface area contributed by atoms with E-state index in [-0.39, 0.29) is 29.5 Å². The van der Waals surface area contributed by atoms with Gasteiger partial charge in [0.25, 0.3) is 5.56 Å². The zero-order chi connectivity index (χ0) is 25.8. The predicted octanol–water partition coefficient (Wildman–Crippen LogP) is 0.657. The molecule has 0 aliphatic carbocycles. The van der Waals surface area contributed by atoms with Crippen LogP contribution < -0.4 is 20.7 Å². The Bertz CT molecular complexity index is 1190. The SMILES string of the molecule is Cc1c(N2CCC[C@H]2CO[C@H]2CNC[C@H](C(=O)N3CCN(c4ccc(C#N)cn4)CC3)C2)cn[nH]c1=O. The summed E-state index contributed by atoms with van der Waals surface area (Å²) in [6.07, 6.45) is 6.06. The van der Waals surface area contributed by atoms with Gasteiger partial charge in [-0.2, -0.15) is 10.4 Å². The predicted molar refractivity (Wildman–Crippen MR) is 138 cm³/mol. The Balaban J connectivity index is 1.12. The van der Waals surface area contributed by atoms with E-state index >= 15 is 0 Å². The molecule has 2 N–H and O–H groups in total. The molecule has 1 amide bonds. The van der Waals surface area contributed by atoms with Crippen molar-refractivity contribution in [3.8, 4) is 6.07 Å². The van der Waals surface area contributed by atoms with E-state index in [1.165, 1.54) is 0 Å². The fourth-order valence-electron chi connectivity index (χ4n) is 5.58. The summed E-state index contributed by atoms with van der Waals surface area (Å²) in [5.74, 6) is 0.920. The molecule has 196 valence electrons. The molecule has 3 aliphatic heterocycles. The van der Waals surface area contributed by atoms with Crippen LogP contribution in [0, 0.1) is 24.2 Å². The lowest BCUT2D eigenvalue weighted by Gasteiger charge is -2.39. The van der Waals surface area contributed by atoms with Crippen LogP contribution in [0.5, 0.6) is 0 Å². The van der Waals surface area contributed by atoms with Crippen molar-refractivity contribution in [3.63, 3.8) is 0 Å². The van der Waals surface area contributed by atoms with Crippen molar-refractivity contribution in [3.05, 3.63) is 46.0 Å². The molecule has 11 heteroatoms. The molecule has 5 heterocycles. The first-order chi connectivity index (χ1) is 18.0. The maximum absolute atomic E-state index is 13.3. The number of carbonyl (C=O) groups excluding carboxylic acids is 1. The number of ether oxygens (including phenoxy) is 1. The normalized spacial score (nSPS) is 24.2. The maximum Gasteiger partial charge on any atom is 0.269 e. The molecule has 0 saturated carbocycles. The molecule has 0 radical (unpaired) electrons. The van der Waals surface area contributed by atoms with Crippen molar-refractivity contribution < 1.29 is 9.53 Å². The molecule has 37 heavy (non-hydrogen) atoms. The zero-order valence-electron chi connectivity index (χ0n) is 21.2. The number of piperazine rings is 1. The monoisotopic (exact) mass is 506 g/mol. The molecule has 3 aliphatic rings. The summed E-state index contributed by atoms with van der Waals surface area (Å²) in [6.45, 7) is 7.44. The summed E-state index contributed by atoms with van der Waals surface area (Å²) >= 11 is 0. The van der Waals surface area contributed by atoms with Crippen LogP contribution in [-0.2, 0) is 9.53 Å². The number of anilines is 2. The first-order valence-electron chi connectivity index (χ1n) is 13.1. The van der Waals surface area contributed by atoms with Crippen LogP contribution in [0.2, 0.25) is 0 Å². The highest BCUT2D eigenvalue weighted by molar-refractivity contribution is 5.79. The van der Waals surface area contributed by atoms with Gasteiger partial charge in [-0.25, -0.2) is 10.1 Å². The number of nitriles is 1. The third-order valence-electron chi connectivity index (χ3n) is 7.74. The molecule has 0 bridgehead atoms. The van der Waals surface area contributed by atoms with E-state index in [9.17, 15) is 9.59 Å². The number of nitrogens with zero attached hydrogens (tertiary/aromatic N) is 6. The van der Waals surface area contributed by atoms with Gasteiger partial charge in [0.1, 0.15) is 11.9 Å². The van der Waals surface area contributed by atoms with Gasteiger partial charge in [0, 0.05) is 57.6 Å². The summed E-state index contributed by atoms with van der Waals surface area (Å²) in [5.41, 5.74) is 1.94. The zero-order valence-corrected chi connectivity index (χ0v) is 21.2. The topological polar surface area (TPSA) is 130 Å². The molecule has 0 unspecified atom stereocenters. The Morgan fingerprint density at radius 1 is 1.19 bits per heavy atom. The highest BCUT2D eigenvalue weighted by atomic mass is 16.5. The van der Waals surface area contributed by atoms with Crippen molar-refractivity contribution in [2.75, 3.05) is 62.2 Å². The standard InChI is InChI=1S/C26H34N8O3/c1-18-23(16-30-31-25(18)35)34-6-2-3-21(34)17-37-22-11-20(14-28-15-22)26(36)33-9-7-32(8-10-33)24-5-4-19(12-27)13-29-24/h4-5,13,16,20-22,28H,2-3,6-11,14-15,17H2,1H3,(H,31,35)/t20-,21+,22-/m1/s1. The van der Waals surface area contributed by atoms with Crippen LogP contribution in [0.25, 0.3) is 0 Å².